The molecule has 4 aliphatic rings. The molecule has 3 heteroatoms. The fourth-order valence-electron chi connectivity index (χ4n) is 10.1. The highest BCUT2D eigenvalue weighted by atomic mass is 15.3. The Morgan fingerprint density at radius 3 is 1.98 bits per heavy atom. The molecule has 0 bridgehead atoms. The minimum atomic E-state index is 0.0725. The van der Waals surface area contributed by atoms with Crippen molar-refractivity contribution in [3.05, 3.63) is 67.9 Å². The van der Waals surface area contributed by atoms with Crippen LogP contribution in [-0.4, -0.2) is 16.9 Å². The Morgan fingerprint density at radius 2 is 1.25 bits per heavy atom. The molecule has 2 unspecified atom stereocenters. The van der Waals surface area contributed by atoms with Crippen LogP contribution in [0.5, 0.6) is 0 Å². The molecular formula is C37H43BN2. The van der Waals surface area contributed by atoms with E-state index >= 15 is 0 Å². The normalized spacial score (nSPS) is 23.6. The van der Waals surface area contributed by atoms with Crippen LogP contribution in [0.1, 0.15) is 95.2 Å². The Morgan fingerprint density at radius 1 is 0.625 bits per heavy atom. The molecule has 1 aromatic heterocycles. The summed E-state index contributed by atoms with van der Waals surface area (Å²) in [5.41, 5.74) is 25.9. The largest absolute Gasteiger partial charge is 0.382 e. The third kappa shape index (κ3) is 2.33. The molecule has 0 radical (unpaired) electrons. The number of anilines is 2. The fraction of sp³-hybridized carbons (Fsp3) is 0.459. The van der Waals surface area contributed by atoms with Gasteiger partial charge in [-0.3, -0.25) is 0 Å². The summed E-state index contributed by atoms with van der Waals surface area (Å²) in [5, 5.41) is 1.43. The second-order valence-electron chi connectivity index (χ2n) is 14.3. The molecule has 0 N–H and O–H groups in total. The topological polar surface area (TPSA) is 8.17 Å². The van der Waals surface area contributed by atoms with Crippen molar-refractivity contribution < 1.29 is 0 Å². The van der Waals surface area contributed by atoms with Crippen LogP contribution in [0.4, 0.5) is 11.4 Å². The van der Waals surface area contributed by atoms with Crippen LogP contribution >= 0.6 is 0 Å². The minimum Gasteiger partial charge on any atom is -0.382 e. The van der Waals surface area contributed by atoms with Crippen LogP contribution in [0.2, 0.25) is 0 Å². The molecule has 0 amide bonds. The van der Waals surface area contributed by atoms with Gasteiger partial charge in [-0.15, -0.1) is 0 Å². The smallest absolute Gasteiger partial charge is 0.332 e. The summed E-state index contributed by atoms with van der Waals surface area (Å²) >= 11 is 0. The molecule has 2 atom stereocenters. The zero-order chi connectivity index (χ0) is 28.4. The zero-order valence-corrected chi connectivity index (χ0v) is 26.5. The first kappa shape index (κ1) is 24.8. The summed E-state index contributed by atoms with van der Waals surface area (Å²) in [5.74, 6) is 0. The molecule has 40 heavy (non-hydrogen) atoms. The van der Waals surface area contributed by atoms with Gasteiger partial charge in [-0.25, -0.2) is 0 Å². The first-order valence-electron chi connectivity index (χ1n) is 15.6. The Balaban J connectivity index is 1.67. The van der Waals surface area contributed by atoms with Crippen molar-refractivity contribution in [2.75, 3.05) is 4.90 Å². The number of aryl methyl sites for hydroxylation is 1. The molecule has 204 valence electrons. The molecular weight excluding hydrogens is 483 g/mol. The standard InChI is InChI=1S/C37H43BN2/c1-18-21(4)27-14-17-39-34(27)29(23(18)6)28-22(5)19(2)26(9)33-32(28)38(39)31-25(8)20(3)24(7)30-35(31)40(33)37(11)16-13-12-15-36(30,37)10/h14,17H,12-13,15-16H2,1-11H3. The van der Waals surface area contributed by atoms with Crippen LogP contribution in [0, 0.1) is 62.3 Å². The van der Waals surface area contributed by atoms with E-state index in [1.165, 1.54) is 103 Å². The first-order chi connectivity index (χ1) is 18.9. The Hall–Kier alpha value is -2.94. The van der Waals surface area contributed by atoms with Crippen molar-refractivity contribution >= 4 is 40.1 Å². The highest BCUT2D eigenvalue weighted by molar-refractivity contribution is 6.90. The third-order valence-electron chi connectivity index (χ3n) is 13.2. The number of fused-ring (bicyclic) bond motifs is 7. The van der Waals surface area contributed by atoms with Crippen molar-refractivity contribution in [3.63, 3.8) is 0 Å². The molecule has 3 aliphatic heterocycles. The maximum atomic E-state index is 2.93. The summed E-state index contributed by atoms with van der Waals surface area (Å²) in [7, 11) is 0. The lowest BCUT2D eigenvalue weighted by molar-refractivity contribution is 0.194. The second-order valence-corrected chi connectivity index (χ2v) is 14.3. The van der Waals surface area contributed by atoms with Crippen molar-refractivity contribution in [2.45, 2.75) is 113 Å². The van der Waals surface area contributed by atoms with Gasteiger partial charge in [0.25, 0.3) is 0 Å². The Kier molecular flexibility index (Phi) is 4.52. The Bertz CT molecular complexity index is 1890. The summed E-state index contributed by atoms with van der Waals surface area (Å²) in [6.07, 6.45) is 7.59. The van der Waals surface area contributed by atoms with Crippen molar-refractivity contribution in [1.29, 1.82) is 0 Å². The lowest BCUT2D eigenvalue weighted by atomic mass is 9.43. The minimum absolute atomic E-state index is 0.0725. The van der Waals surface area contributed by atoms with Gasteiger partial charge in [0.1, 0.15) is 0 Å². The highest BCUT2D eigenvalue weighted by Crippen LogP contribution is 2.63. The maximum absolute atomic E-state index is 2.93. The van der Waals surface area contributed by atoms with E-state index in [9.17, 15) is 0 Å². The van der Waals surface area contributed by atoms with Gasteiger partial charge < -0.3 is 9.38 Å². The van der Waals surface area contributed by atoms with E-state index in [0.717, 1.165) is 0 Å². The number of benzene rings is 3. The summed E-state index contributed by atoms with van der Waals surface area (Å²) < 4.78 is 2.69. The Labute approximate surface area is 240 Å². The average molecular weight is 527 g/mol. The number of aromatic nitrogens is 1. The molecule has 8 rings (SSSR count). The predicted molar refractivity (Wildman–Crippen MR) is 173 cm³/mol. The number of rotatable bonds is 0. The van der Waals surface area contributed by atoms with Gasteiger partial charge in [-0.2, -0.15) is 0 Å². The van der Waals surface area contributed by atoms with Crippen LogP contribution in [-0.2, 0) is 5.41 Å². The van der Waals surface area contributed by atoms with E-state index in [0.29, 0.717) is 0 Å². The third-order valence-corrected chi connectivity index (χ3v) is 13.2. The van der Waals surface area contributed by atoms with Gasteiger partial charge in [-0.05, 0) is 166 Å². The van der Waals surface area contributed by atoms with E-state index in [4.69, 9.17) is 0 Å². The fourth-order valence-corrected chi connectivity index (χ4v) is 10.1. The van der Waals surface area contributed by atoms with Crippen LogP contribution in [0.25, 0.3) is 22.0 Å². The van der Waals surface area contributed by atoms with Crippen molar-refractivity contribution in [1.82, 2.24) is 4.48 Å². The van der Waals surface area contributed by atoms with Crippen LogP contribution in [0.3, 0.4) is 0 Å². The van der Waals surface area contributed by atoms with E-state index in [1.54, 1.807) is 22.2 Å². The first-order valence-corrected chi connectivity index (χ1v) is 15.6. The lowest BCUT2D eigenvalue weighted by Gasteiger charge is -2.53. The molecule has 3 aromatic carbocycles. The molecule has 1 saturated carbocycles. The molecule has 0 saturated heterocycles. The van der Waals surface area contributed by atoms with Gasteiger partial charge in [0.05, 0.1) is 5.54 Å². The highest BCUT2D eigenvalue weighted by Gasteiger charge is 2.62. The van der Waals surface area contributed by atoms with Gasteiger partial charge in [0.15, 0.2) is 0 Å². The quantitative estimate of drug-likeness (QED) is 0.185. The van der Waals surface area contributed by atoms with Crippen molar-refractivity contribution in [2.24, 2.45) is 0 Å². The van der Waals surface area contributed by atoms with E-state index in [-0.39, 0.29) is 17.8 Å². The average Bonchev–Trinajstić information content (AvgIpc) is 3.45. The van der Waals surface area contributed by atoms with Crippen LogP contribution in [0.15, 0.2) is 12.3 Å². The van der Waals surface area contributed by atoms with Gasteiger partial charge in [-0.1, -0.05) is 19.8 Å². The number of hydrogen-bond donors (Lipinski definition) is 0. The van der Waals surface area contributed by atoms with E-state index < -0.39 is 0 Å². The number of hydrogen-bond acceptors (Lipinski definition) is 1. The zero-order valence-electron chi connectivity index (χ0n) is 26.5. The lowest BCUT2D eigenvalue weighted by Crippen LogP contribution is -2.62. The molecule has 1 aliphatic carbocycles. The van der Waals surface area contributed by atoms with Gasteiger partial charge in [0.2, 0.25) is 0 Å². The van der Waals surface area contributed by atoms with E-state index in [1.807, 2.05) is 0 Å². The molecule has 0 spiro atoms. The predicted octanol–water partition coefficient (Wildman–Crippen LogP) is 8.11. The molecule has 4 aromatic rings. The monoisotopic (exact) mass is 526 g/mol. The molecule has 4 heterocycles. The molecule has 1 fully saturated rings. The van der Waals surface area contributed by atoms with Crippen LogP contribution < -0.4 is 15.8 Å². The maximum Gasteiger partial charge on any atom is 0.332 e. The SMILES string of the molecule is Cc1c(C)c2c3c(c1C)N1c4c(c(C)c(C)c(C)c4C4(C)CCCCC14C)B3n1ccc3c(C)c(C)c(C)c-2c31. The second kappa shape index (κ2) is 7.28. The van der Waals surface area contributed by atoms with Gasteiger partial charge in [0, 0.05) is 33.3 Å². The summed E-state index contributed by atoms with van der Waals surface area (Å²) in [6.45, 7) is 26.9. The van der Waals surface area contributed by atoms with E-state index in [2.05, 4.69) is 97.8 Å². The summed E-state index contributed by atoms with van der Waals surface area (Å²) in [4.78, 5) is 2.93. The van der Waals surface area contributed by atoms with Gasteiger partial charge >= 0.3 is 6.85 Å². The number of nitrogens with zero attached hydrogens (tertiary/aromatic N) is 2. The summed E-state index contributed by atoms with van der Waals surface area (Å²) in [6, 6.07) is 2.41. The van der Waals surface area contributed by atoms with Crippen molar-refractivity contribution in [3.8, 4) is 11.1 Å². The molecule has 2 nitrogen and oxygen atoms in total.